The molecule has 0 amide bonds. The van der Waals surface area contributed by atoms with E-state index in [0.29, 0.717) is 25.5 Å². The van der Waals surface area contributed by atoms with Gasteiger partial charge in [0, 0.05) is 20.2 Å². The van der Waals surface area contributed by atoms with Crippen LogP contribution in [0.1, 0.15) is 20.3 Å². The van der Waals surface area contributed by atoms with Gasteiger partial charge in [0.15, 0.2) is 0 Å². The summed E-state index contributed by atoms with van der Waals surface area (Å²) in [4.78, 5) is 8.10. The minimum atomic E-state index is -3.59. The monoisotopic (exact) mass is 300 g/mol. The Hall–Kier alpha value is -1.25. The summed E-state index contributed by atoms with van der Waals surface area (Å²) in [5, 5.41) is 2.93. The standard InChI is InChI=1S/C12H20N4O3S/c1-4-13-12-14-7-10(8-15-12)20(17,18)16(3)11-5-6-19-9(11)2/h7-9,11H,4-6H2,1-3H3,(H,13,14,15). The van der Waals surface area contributed by atoms with Crippen molar-refractivity contribution in [1.29, 1.82) is 0 Å². The van der Waals surface area contributed by atoms with Crippen LogP contribution in [0.2, 0.25) is 0 Å². The Bertz CT molecular complexity index is 546. The van der Waals surface area contributed by atoms with Gasteiger partial charge in [0.05, 0.1) is 24.5 Å². The van der Waals surface area contributed by atoms with Crippen molar-refractivity contribution in [2.75, 3.05) is 25.5 Å². The van der Waals surface area contributed by atoms with Crippen molar-refractivity contribution in [3.8, 4) is 0 Å². The molecular formula is C12H20N4O3S. The molecule has 2 heterocycles. The maximum absolute atomic E-state index is 12.5. The summed E-state index contributed by atoms with van der Waals surface area (Å²) in [6, 6.07) is -0.145. The highest BCUT2D eigenvalue weighted by Gasteiger charge is 2.35. The van der Waals surface area contributed by atoms with Crippen LogP contribution in [-0.4, -0.2) is 55.0 Å². The highest BCUT2D eigenvalue weighted by Crippen LogP contribution is 2.24. The molecule has 112 valence electrons. The van der Waals surface area contributed by atoms with E-state index in [9.17, 15) is 8.42 Å². The van der Waals surface area contributed by atoms with E-state index in [1.165, 1.54) is 16.7 Å². The first-order chi connectivity index (χ1) is 9.46. The van der Waals surface area contributed by atoms with E-state index < -0.39 is 10.0 Å². The second-order valence-electron chi connectivity index (χ2n) is 4.73. The van der Waals surface area contributed by atoms with Gasteiger partial charge < -0.3 is 10.1 Å². The Morgan fingerprint density at radius 3 is 2.60 bits per heavy atom. The van der Waals surface area contributed by atoms with Crippen LogP contribution >= 0.6 is 0 Å². The molecule has 2 unspecified atom stereocenters. The number of anilines is 1. The van der Waals surface area contributed by atoms with Crippen LogP contribution < -0.4 is 5.32 Å². The Morgan fingerprint density at radius 2 is 2.10 bits per heavy atom. The van der Waals surface area contributed by atoms with Gasteiger partial charge in [0.1, 0.15) is 4.90 Å². The average molecular weight is 300 g/mol. The second-order valence-corrected chi connectivity index (χ2v) is 6.72. The average Bonchev–Trinajstić information content (AvgIpc) is 2.85. The summed E-state index contributed by atoms with van der Waals surface area (Å²) in [5.41, 5.74) is 0. The maximum Gasteiger partial charge on any atom is 0.246 e. The van der Waals surface area contributed by atoms with Crippen molar-refractivity contribution in [1.82, 2.24) is 14.3 Å². The van der Waals surface area contributed by atoms with E-state index in [-0.39, 0.29) is 17.0 Å². The predicted molar refractivity (Wildman–Crippen MR) is 75.0 cm³/mol. The highest BCUT2D eigenvalue weighted by molar-refractivity contribution is 7.89. The minimum absolute atomic E-state index is 0.0979. The minimum Gasteiger partial charge on any atom is -0.377 e. The Balaban J connectivity index is 2.20. The van der Waals surface area contributed by atoms with E-state index in [0.717, 1.165) is 0 Å². The number of aromatic nitrogens is 2. The number of nitrogens with one attached hydrogen (secondary N) is 1. The molecule has 0 spiro atoms. The van der Waals surface area contributed by atoms with E-state index in [2.05, 4.69) is 15.3 Å². The number of ether oxygens (including phenoxy) is 1. The molecule has 0 bridgehead atoms. The SMILES string of the molecule is CCNc1ncc(S(=O)(=O)N(C)C2CCOC2C)cn1. The van der Waals surface area contributed by atoms with Crippen molar-refractivity contribution in [3.05, 3.63) is 12.4 Å². The molecule has 1 saturated heterocycles. The normalized spacial score (nSPS) is 23.2. The molecule has 0 aromatic carbocycles. The Kier molecular flexibility index (Phi) is 4.56. The van der Waals surface area contributed by atoms with Gasteiger partial charge >= 0.3 is 0 Å². The summed E-state index contributed by atoms with van der Waals surface area (Å²) < 4.78 is 31.8. The first-order valence-corrected chi connectivity index (χ1v) is 8.06. The molecule has 0 aliphatic carbocycles. The van der Waals surface area contributed by atoms with Gasteiger partial charge in [-0.05, 0) is 20.3 Å². The van der Waals surface area contributed by atoms with Crippen LogP contribution in [0.5, 0.6) is 0 Å². The molecule has 1 aliphatic heterocycles. The molecular weight excluding hydrogens is 280 g/mol. The molecule has 7 nitrogen and oxygen atoms in total. The third-order valence-corrected chi connectivity index (χ3v) is 5.28. The van der Waals surface area contributed by atoms with Crippen LogP contribution in [0.25, 0.3) is 0 Å². The Morgan fingerprint density at radius 1 is 1.45 bits per heavy atom. The van der Waals surface area contributed by atoms with Gasteiger partial charge in [-0.1, -0.05) is 0 Å². The molecule has 2 atom stereocenters. The van der Waals surface area contributed by atoms with Gasteiger partial charge in [0.25, 0.3) is 0 Å². The van der Waals surface area contributed by atoms with E-state index in [1.54, 1.807) is 7.05 Å². The first kappa shape index (κ1) is 15.1. The number of hydrogen-bond acceptors (Lipinski definition) is 6. The maximum atomic E-state index is 12.5. The third-order valence-electron chi connectivity index (χ3n) is 3.44. The van der Waals surface area contributed by atoms with Crippen LogP contribution in [-0.2, 0) is 14.8 Å². The van der Waals surface area contributed by atoms with Gasteiger partial charge in [0.2, 0.25) is 16.0 Å². The first-order valence-electron chi connectivity index (χ1n) is 6.62. The molecule has 20 heavy (non-hydrogen) atoms. The summed E-state index contributed by atoms with van der Waals surface area (Å²) >= 11 is 0. The fourth-order valence-electron chi connectivity index (χ4n) is 2.24. The third kappa shape index (κ3) is 2.92. The van der Waals surface area contributed by atoms with Crippen LogP contribution in [0.3, 0.4) is 0 Å². The van der Waals surface area contributed by atoms with Crippen molar-refractivity contribution >= 4 is 16.0 Å². The van der Waals surface area contributed by atoms with Gasteiger partial charge in [-0.2, -0.15) is 4.31 Å². The fraction of sp³-hybridized carbons (Fsp3) is 0.667. The van der Waals surface area contributed by atoms with E-state index in [1.807, 2.05) is 13.8 Å². The zero-order chi connectivity index (χ0) is 14.8. The molecule has 0 radical (unpaired) electrons. The molecule has 0 saturated carbocycles. The number of likely N-dealkylation sites (N-methyl/N-ethyl adjacent to an activating group) is 1. The molecule has 1 aliphatic rings. The largest absolute Gasteiger partial charge is 0.377 e. The van der Waals surface area contributed by atoms with E-state index in [4.69, 9.17) is 4.74 Å². The molecule has 1 N–H and O–H groups in total. The summed E-state index contributed by atoms with van der Waals surface area (Å²) in [5.74, 6) is 0.423. The topological polar surface area (TPSA) is 84.4 Å². The van der Waals surface area contributed by atoms with Crippen LogP contribution in [0.4, 0.5) is 5.95 Å². The summed E-state index contributed by atoms with van der Waals surface area (Å²) in [6.45, 7) is 5.07. The molecule has 1 fully saturated rings. The summed E-state index contributed by atoms with van der Waals surface area (Å²) in [7, 11) is -2.01. The number of sulfonamides is 1. The molecule has 1 aromatic heterocycles. The molecule has 2 rings (SSSR count). The molecule has 8 heteroatoms. The lowest BCUT2D eigenvalue weighted by molar-refractivity contribution is 0.102. The van der Waals surface area contributed by atoms with Gasteiger partial charge in [-0.15, -0.1) is 0 Å². The lowest BCUT2D eigenvalue weighted by Crippen LogP contribution is -2.41. The van der Waals surface area contributed by atoms with Crippen LogP contribution in [0.15, 0.2) is 17.3 Å². The zero-order valence-corrected chi connectivity index (χ0v) is 12.7. The zero-order valence-electron chi connectivity index (χ0n) is 11.9. The van der Waals surface area contributed by atoms with Crippen molar-refractivity contribution in [2.45, 2.75) is 37.3 Å². The van der Waals surface area contributed by atoms with Gasteiger partial charge in [-0.25, -0.2) is 18.4 Å². The quantitative estimate of drug-likeness (QED) is 0.862. The highest BCUT2D eigenvalue weighted by atomic mass is 32.2. The fourth-order valence-corrected chi connectivity index (χ4v) is 3.58. The predicted octanol–water partition coefficient (Wildman–Crippen LogP) is 0.706. The van der Waals surface area contributed by atoms with Crippen molar-refractivity contribution in [2.24, 2.45) is 0 Å². The van der Waals surface area contributed by atoms with Crippen LogP contribution in [0, 0.1) is 0 Å². The summed E-state index contributed by atoms with van der Waals surface area (Å²) in [6.07, 6.45) is 3.26. The number of rotatable bonds is 5. The van der Waals surface area contributed by atoms with Crippen molar-refractivity contribution in [3.63, 3.8) is 0 Å². The second kappa shape index (κ2) is 6.02. The van der Waals surface area contributed by atoms with Gasteiger partial charge in [-0.3, -0.25) is 0 Å². The smallest absolute Gasteiger partial charge is 0.246 e. The number of nitrogens with zero attached hydrogens (tertiary/aromatic N) is 3. The van der Waals surface area contributed by atoms with Crippen molar-refractivity contribution < 1.29 is 13.2 Å². The van der Waals surface area contributed by atoms with E-state index >= 15 is 0 Å². The Labute approximate surface area is 119 Å². The number of hydrogen-bond donors (Lipinski definition) is 1. The lowest BCUT2D eigenvalue weighted by atomic mass is 10.2. The molecule has 1 aromatic rings. The lowest BCUT2D eigenvalue weighted by Gasteiger charge is -2.25.